The Morgan fingerprint density at radius 3 is 2.64 bits per heavy atom. The van der Waals surface area contributed by atoms with Gasteiger partial charge in [-0.15, -0.1) is 0 Å². The lowest BCUT2D eigenvalue weighted by Gasteiger charge is -2.08. The molecule has 0 spiro atoms. The van der Waals surface area contributed by atoms with Crippen LogP contribution in [-0.2, 0) is 0 Å². The van der Waals surface area contributed by atoms with Crippen molar-refractivity contribution in [2.45, 2.75) is 6.92 Å². The fraction of sp³-hybridized carbons (Fsp3) is 0.200. The Hall–Kier alpha value is -1.84. The van der Waals surface area contributed by atoms with Crippen LogP contribution in [0.5, 0.6) is 0 Å². The van der Waals surface area contributed by atoms with E-state index in [0.717, 1.165) is 11.9 Å². The van der Waals surface area contributed by atoms with Gasteiger partial charge in [0.25, 0.3) is 0 Å². The number of carboxylic acids is 1. The van der Waals surface area contributed by atoms with E-state index in [1.165, 1.54) is 6.07 Å². The lowest BCUT2D eigenvalue weighted by atomic mass is 10.0. The molecule has 1 aromatic carbocycles. The Labute approximate surface area is 82.1 Å². The lowest BCUT2D eigenvalue weighted by Crippen LogP contribution is -2.04. The highest BCUT2D eigenvalue weighted by Crippen LogP contribution is 2.19. The number of nitrogens with one attached hydrogen (secondary N) is 2. The van der Waals surface area contributed by atoms with Gasteiger partial charge in [0.05, 0.1) is 5.56 Å². The molecule has 4 nitrogen and oxygen atoms in total. The number of aromatic carboxylic acids is 1. The summed E-state index contributed by atoms with van der Waals surface area (Å²) in [7, 11) is 1.74. The highest BCUT2D eigenvalue weighted by Gasteiger charge is 2.10. The van der Waals surface area contributed by atoms with E-state index in [1.54, 1.807) is 20.0 Å². The molecule has 0 aliphatic heterocycles. The number of rotatable bonds is 3. The summed E-state index contributed by atoms with van der Waals surface area (Å²) in [6.45, 7) is 1.73. The SMILES string of the molecule is CNc1cc(C)c(C(=O)O)cc1C=N. The molecular formula is C10H12N2O2. The van der Waals surface area contributed by atoms with E-state index in [4.69, 9.17) is 10.5 Å². The summed E-state index contributed by atoms with van der Waals surface area (Å²) in [5.41, 5.74) is 2.27. The van der Waals surface area contributed by atoms with Crippen molar-refractivity contribution in [3.05, 3.63) is 28.8 Å². The number of hydrogen-bond acceptors (Lipinski definition) is 3. The molecule has 0 saturated heterocycles. The van der Waals surface area contributed by atoms with Crippen molar-refractivity contribution >= 4 is 17.9 Å². The van der Waals surface area contributed by atoms with Crippen LogP contribution in [0.2, 0.25) is 0 Å². The molecule has 14 heavy (non-hydrogen) atoms. The molecule has 0 atom stereocenters. The van der Waals surface area contributed by atoms with E-state index in [9.17, 15) is 4.79 Å². The van der Waals surface area contributed by atoms with Crippen LogP contribution in [0.1, 0.15) is 21.5 Å². The van der Waals surface area contributed by atoms with E-state index < -0.39 is 5.97 Å². The lowest BCUT2D eigenvalue weighted by molar-refractivity contribution is 0.0696. The first-order valence-corrected chi connectivity index (χ1v) is 4.16. The number of anilines is 1. The van der Waals surface area contributed by atoms with Gasteiger partial charge in [-0.1, -0.05) is 0 Å². The van der Waals surface area contributed by atoms with Crippen LogP contribution in [0.25, 0.3) is 0 Å². The standard InChI is InChI=1S/C10H12N2O2/c1-6-3-9(12-2)7(5-11)4-8(6)10(13)14/h3-5,11-12H,1-2H3,(H,13,14). The summed E-state index contributed by atoms with van der Waals surface area (Å²) in [5.74, 6) is -0.965. The van der Waals surface area contributed by atoms with E-state index >= 15 is 0 Å². The van der Waals surface area contributed by atoms with Crippen molar-refractivity contribution in [2.75, 3.05) is 12.4 Å². The maximum atomic E-state index is 10.8. The average molecular weight is 192 g/mol. The molecule has 0 radical (unpaired) electrons. The summed E-state index contributed by atoms with van der Waals surface area (Å²) in [5, 5.41) is 18.9. The van der Waals surface area contributed by atoms with Crippen molar-refractivity contribution in [1.29, 1.82) is 5.41 Å². The first kappa shape index (κ1) is 10.2. The van der Waals surface area contributed by atoms with E-state index in [1.807, 2.05) is 0 Å². The minimum Gasteiger partial charge on any atom is -0.478 e. The third kappa shape index (κ3) is 1.74. The number of aryl methyl sites for hydroxylation is 1. The monoisotopic (exact) mass is 192 g/mol. The third-order valence-corrected chi connectivity index (χ3v) is 2.05. The minimum atomic E-state index is -0.965. The van der Waals surface area contributed by atoms with Crippen molar-refractivity contribution < 1.29 is 9.90 Å². The highest BCUT2D eigenvalue weighted by atomic mass is 16.4. The smallest absolute Gasteiger partial charge is 0.335 e. The van der Waals surface area contributed by atoms with Gasteiger partial charge in [0.1, 0.15) is 0 Å². The zero-order valence-electron chi connectivity index (χ0n) is 8.09. The zero-order valence-corrected chi connectivity index (χ0v) is 8.09. The largest absolute Gasteiger partial charge is 0.478 e. The molecule has 0 aliphatic rings. The van der Waals surface area contributed by atoms with E-state index in [0.29, 0.717) is 11.1 Å². The van der Waals surface area contributed by atoms with Crippen molar-refractivity contribution in [3.63, 3.8) is 0 Å². The van der Waals surface area contributed by atoms with E-state index in [2.05, 4.69) is 5.32 Å². The maximum Gasteiger partial charge on any atom is 0.335 e. The number of carbonyl (C=O) groups is 1. The van der Waals surface area contributed by atoms with E-state index in [-0.39, 0.29) is 5.56 Å². The molecular weight excluding hydrogens is 180 g/mol. The average Bonchev–Trinajstić information content (AvgIpc) is 2.16. The Morgan fingerprint density at radius 2 is 2.21 bits per heavy atom. The maximum absolute atomic E-state index is 10.8. The van der Waals surface area contributed by atoms with Gasteiger partial charge in [0, 0.05) is 24.5 Å². The summed E-state index contributed by atoms with van der Waals surface area (Å²) < 4.78 is 0. The molecule has 0 saturated carbocycles. The highest BCUT2D eigenvalue weighted by molar-refractivity contribution is 5.95. The number of benzene rings is 1. The van der Waals surface area contributed by atoms with Crippen molar-refractivity contribution in [3.8, 4) is 0 Å². The first-order valence-electron chi connectivity index (χ1n) is 4.16. The summed E-state index contributed by atoms with van der Waals surface area (Å²) >= 11 is 0. The fourth-order valence-electron chi connectivity index (χ4n) is 1.29. The molecule has 0 heterocycles. The van der Waals surface area contributed by atoms with Crippen LogP contribution in [0, 0.1) is 12.3 Å². The molecule has 0 unspecified atom stereocenters. The number of hydrogen-bond donors (Lipinski definition) is 3. The minimum absolute atomic E-state index is 0.238. The van der Waals surface area contributed by atoms with Gasteiger partial charge in [-0.25, -0.2) is 4.79 Å². The predicted octanol–water partition coefficient (Wildman–Crippen LogP) is 1.73. The van der Waals surface area contributed by atoms with Crippen LogP contribution in [0.4, 0.5) is 5.69 Å². The molecule has 1 aromatic rings. The van der Waals surface area contributed by atoms with Gasteiger partial charge in [0.2, 0.25) is 0 Å². The van der Waals surface area contributed by atoms with Crippen molar-refractivity contribution in [2.24, 2.45) is 0 Å². The van der Waals surface area contributed by atoms with Crippen LogP contribution in [0.3, 0.4) is 0 Å². The second-order valence-electron chi connectivity index (χ2n) is 2.95. The predicted molar refractivity (Wildman–Crippen MR) is 55.6 cm³/mol. The van der Waals surface area contributed by atoms with Crippen LogP contribution in [-0.4, -0.2) is 24.3 Å². The first-order chi connectivity index (χ1) is 6.60. The Morgan fingerprint density at radius 1 is 1.57 bits per heavy atom. The fourth-order valence-corrected chi connectivity index (χ4v) is 1.29. The molecule has 0 aliphatic carbocycles. The molecule has 0 aromatic heterocycles. The Kier molecular flexibility index (Phi) is 2.86. The van der Waals surface area contributed by atoms with Crippen molar-refractivity contribution in [1.82, 2.24) is 0 Å². The van der Waals surface area contributed by atoms with Gasteiger partial charge < -0.3 is 15.8 Å². The van der Waals surface area contributed by atoms with Gasteiger partial charge in [0.15, 0.2) is 0 Å². The second kappa shape index (κ2) is 3.91. The zero-order chi connectivity index (χ0) is 10.7. The Balaban J connectivity index is 3.37. The Bertz CT molecular complexity index is 386. The van der Waals surface area contributed by atoms with Crippen LogP contribution < -0.4 is 5.32 Å². The summed E-state index contributed by atoms with van der Waals surface area (Å²) in [6.07, 6.45) is 1.14. The van der Waals surface area contributed by atoms with Gasteiger partial charge in [-0.05, 0) is 24.6 Å². The molecule has 4 heteroatoms. The quantitative estimate of drug-likeness (QED) is 0.638. The summed E-state index contributed by atoms with van der Waals surface area (Å²) in [6, 6.07) is 3.22. The molecule has 0 amide bonds. The molecule has 74 valence electrons. The number of carboxylic acid groups (broad SMARTS) is 1. The molecule has 0 fully saturated rings. The molecule has 1 rings (SSSR count). The van der Waals surface area contributed by atoms with Crippen LogP contribution in [0.15, 0.2) is 12.1 Å². The van der Waals surface area contributed by atoms with Gasteiger partial charge >= 0.3 is 5.97 Å². The van der Waals surface area contributed by atoms with Crippen LogP contribution >= 0.6 is 0 Å². The second-order valence-corrected chi connectivity index (χ2v) is 2.95. The molecule has 0 bridgehead atoms. The third-order valence-electron chi connectivity index (χ3n) is 2.05. The summed E-state index contributed by atoms with van der Waals surface area (Å²) in [4.78, 5) is 10.8. The topological polar surface area (TPSA) is 73.2 Å². The van der Waals surface area contributed by atoms with Gasteiger partial charge in [-0.2, -0.15) is 0 Å². The molecule has 3 N–H and O–H groups in total. The normalized spacial score (nSPS) is 9.57. The van der Waals surface area contributed by atoms with Gasteiger partial charge in [-0.3, -0.25) is 0 Å².